The van der Waals surface area contributed by atoms with Crippen LogP contribution >= 0.6 is 0 Å². The lowest BCUT2D eigenvalue weighted by Crippen LogP contribution is -2.14. The number of rotatable bonds is 5. The van der Waals surface area contributed by atoms with Crippen molar-refractivity contribution in [2.45, 2.75) is 31.1 Å². The van der Waals surface area contributed by atoms with Crippen LogP contribution < -0.4 is 4.72 Å². The zero-order valence-electron chi connectivity index (χ0n) is 19.2. The molecular formula is C26H22FN3O4S. The van der Waals surface area contributed by atoms with Crippen molar-refractivity contribution < 1.29 is 22.7 Å². The molecule has 4 rings (SSSR count). The maximum Gasteiger partial charge on any atom is 0.352 e. The first kappa shape index (κ1) is 24.0. The van der Waals surface area contributed by atoms with E-state index >= 15 is 0 Å². The average molecular weight is 492 g/mol. The molecule has 9 heteroatoms. The lowest BCUT2D eigenvalue weighted by atomic mass is 9.87. The fourth-order valence-corrected chi connectivity index (χ4v) is 4.88. The molecule has 0 aliphatic rings. The van der Waals surface area contributed by atoms with Crippen LogP contribution in [0.25, 0.3) is 22.0 Å². The first-order valence-electron chi connectivity index (χ1n) is 10.6. The highest BCUT2D eigenvalue weighted by Gasteiger charge is 2.22. The Bertz CT molecular complexity index is 1610. The number of H-pyrrole nitrogens is 1. The van der Waals surface area contributed by atoms with Gasteiger partial charge in [0.25, 0.3) is 10.0 Å². The van der Waals surface area contributed by atoms with Crippen LogP contribution in [0, 0.1) is 17.1 Å². The van der Waals surface area contributed by atoms with Gasteiger partial charge in [0.2, 0.25) is 0 Å². The highest BCUT2D eigenvalue weighted by molar-refractivity contribution is 7.92. The van der Waals surface area contributed by atoms with Gasteiger partial charge in [0.15, 0.2) is 0 Å². The molecule has 0 spiro atoms. The van der Waals surface area contributed by atoms with E-state index < -0.39 is 21.8 Å². The lowest BCUT2D eigenvalue weighted by Gasteiger charge is -2.19. The van der Waals surface area contributed by atoms with Crippen molar-refractivity contribution >= 4 is 32.6 Å². The smallest absolute Gasteiger partial charge is 0.352 e. The molecule has 3 N–H and O–H groups in total. The Morgan fingerprint density at radius 1 is 1.06 bits per heavy atom. The molecule has 7 nitrogen and oxygen atoms in total. The van der Waals surface area contributed by atoms with Crippen molar-refractivity contribution in [3.63, 3.8) is 0 Å². The number of aromatic carboxylic acids is 1. The van der Waals surface area contributed by atoms with Gasteiger partial charge >= 0.3 is 5.97 Å². The Morgan fingerprint density at radius 2 is 1.74 bits per heavy atom. The highest BCUT2D eigenvalue weighted by Crippen LogP contribution is 2.35. The number of halogens is 1. The molecule has 178 valence electrons. The number of hydrogen-bond acceptors (Lipinski definition) is 4. The fraction of sp³-hybridized carbons (Fsp3) is 0.154. The summed E-state index contributed by atoms with van der Waals surface area (Å²) in [5.41, 5.74) is 1.67. The molecular weight excluding hydrogens is 469 g/mol. The molecule has 1 aromatic heterocycles. The molecule has 0 bridgehead atoms. The molecule has 0 saturated carbocycles. The number of carboxylic acid groups (broad SMARTS) is 1. The predicted molar refractivity (Wildman–Crippen MR) is 131 cm³/mol. The van der Waals surface area contributed by atoms with Gasteiger partial charge in [-0.15, -0.1) is 0 Å². The summed E-state index contributed by atoms with van der Waals surface area (Å²) in [6, 6.07) is 16.6. The Labute approximate surface area is 201 Å². The number of carboxylic acids is 1. The molecule has 0 unspecified atom stereocenters. The maximum atomic E-state index is 13.9. The molecule has 35 heavy (non-hydrogen) atoms. The zero-order valence-corrected chi connectivity index (χ0v) is 20.0. The Balaban J connectivity index is 1.79. The van der Waals surface area contributed by atoms with Crippen LogP contribution in [0.3, 0.4) is 0 Å². The average Bonchev–Trinajstić information content (AvgIpc) is 3.18. The summed E-state index contributed by atoms with van der Waals surface area (Å²) in [6.45, 7) is 6.10. The summed E-state index contributed by atoms with van der Waals surface area (Å²) in [5.74, 6) is -1.97. The molecule has 0 aliphatic carbocycles. The van der Waals surface area contributed by atoms with Gasteiger partial charge in [-0.3, -0.25) is 4.72 Å². The normalized spacial score (nSPS) is 11.9. The van der Waals surface area contributed by atoms with E-state index in [1.807, 2.05) is 20.8 Å². The van der Waals surface area contributed by atoms with Crippen LogP contribution in [0.2, 0.25) is 0 Å². The minimum Gasteiger partial charge on any atom is -0.477 e. The van der Waals surface area contributed by atoms with Crippen molar-refractivity contribution in [1.82, 2.24) is 4.98 Å². The molecule has 0 aliphatic heterocycles. The van der Waals surface area contributed by atoms with Gasteiger partial charge in [0, 0.05) is 22.2 Å². The predicted octanol–water partition coefficient (Wildman–Crippen LogP) is 5.64. The number of sulfonamides is 1. The maximum absolute atomic E-state index is 13.9. The quantitative estimate of drug-likeness (QED) is 0.333. The summed E-state index contributed by atoms with van der Waals surface area (Å²) in [6.07, 6.45) is 0. The first-order valence-corrected chi connectivity index (χ1v) is 12.1. The van der Waals surface area contributed by atoms with Crippen LogP contribution in [-0.4, -0.2) is 24.5 Å². The van der Waals surface area contributed by atoms with Crippen LogP contribution in [0.4, 0.5) is 10.1 Å². The van der Waals surface area contributed by atoms with Crippen LogP contribution in [0.15, 0.2) is 65.6 Å². The number of nitriles is 1. The molecule has 0 atom stereocenters. The van der Waals surface area contributed by atoms with Gasteiger partial charge in [0.05, 0.1) is 10.5 Å². The summed E-state index contributed by atoms with van der Waals surface area (Å²) in [5, 5.41) is 19.3. The number of nitrogens with one attached hydrogen (secondary N) is 2. The number of carbonyl (C=O) groups is 1. The van der Waals surface area contributed by atoms with Gasteiger partial charge in [-0.1, -0.05) is 39.0 Å². The van der Waals surface area contributed by atoms with Gasteiger partial charge in [-0.05, 0) is 59.0 Å². The number of aromatic amines is 1. The summed E-state index contributed by atoms with van der Waals surface area (Å²) >= 11 is 0. The zero-order chi connectivity index (χ0) is 25.5. The minimum absolute atomic E-state index is 0.0864. The van der Waals surface area contributed by atoms with E-state index in [9.17, 15) is 28.0 Å². The fourth-order valence-electron chi connectivity index (χ4n) is 3.83. The second-order valence-electron chi connectivity index (χ2n) is 9.13. The Morgan fingerprint density at radius 3 is 2.34 bits per heavy atom. The second-order valence-corrected chi connectivity index (χ2v) is 10.8. The minimum atomic E-state index is -3.92. The van der Waals surface area contributed by atoms with Crippen LogP contribution in [0.1, 0.15) is 42.4 Å². The number of aromatic nitrogens is 1. The van der Waals surface area contributed by atoms with Crippen molar-refractivity contribution in [3.05, 3.63) is 83.3 Å². The lowest BCUT2D eigenvalue weighted by molar-refractivity contribution is 0.0692. The molecule has 4 aromatic rings. The van der Waals surface area contributed by atoms with Crippen LogP contribution in [0.5, 0.6) is 0 Å². The second kappa shape index (κ2) is 8.56. The summed E-state index contributed by atoms with van der Waals surface area (Å²) in [4.78, 5) is 14.8. The number of benzene rings is 3. The van der Waals surface area contributed by atoms with Gasteiger partial charge in [0.1, 0.15) is 17.6 Å². The molecule has 0 saturated heterocycles. The summed E-state index contributed by atoms with van der Waals surface area (Å²) < 4.78 is 42.4. The van der Waals surface area contributed by atoms with Gasteiger partial charge < -0.3 is 10.1 Å². The summed E-state index contributed by atoms with van der Waals surface area (Å²) in [7, 11) is -3.92. The Kier molecular flexibility index (Phi) is 5.87. The molecule has 1 heterocycles. The standard InChI is InChI=1S/C26H22FN3O4S/c1-26(2,3)17-5-8-19(9-6-17)35(33,34)30-18-7-11-22-20(13-18)23(24(29-22)25(31)32)15-4-10-21(27)16(12-15)14-28/h4-13,29-30H,1-3H3,(H,31,32). The third-order valence-electron chi connectivity index (χ3n) is 5.67. The van der Waals surface area contributed by atoms with Crippen molar-refractivity contribution in [1.29, 1.82) is 5.26 Å². The van der Waals surface area contributed by atoms with E-state index in [1.165, 1.54) is 36.4 Å². The largest absolute Gasteiger partial charge is 0.477 e. The number of anilines is 1. The monoisotopic (exact) mass is 491 g/mol. The van der Waals surface area contributed by atoms with E-state index in [2.05, 4.69) is 9.71 Å². The van der Waals surface area contributed by atoms with E-state index in [1.54, 1.807) is 24.3 Å². The van der Waals surface area contributed by atoms with Crippen LogP contribution in [-0.2, 0) is 15.4 Å². The van der Waals surface area contributed by atoms with E-state index in [0.29, 0.717) is 16.5 Å². The Hall–Kier alpha value is -4.16. The first-order chi connectivity index (χ1) is 16.4. The van der Waals surface area contributed by atoms with E-state index in [-0.39, 0.29) is 32.8 Å². The molecule has 0 amide bonds. The van der Waals surface area contributed by atoms with E-state index in [0.717, 1.165) is 11.6 Å². The van der Waals surface area contributed by atoms with Gasteiger partial charge in [-0.25, -0.2) is 17.6 Å². The number of hydrogen-bond donors (Lipinski definition) is 3. The third-order valence-corrected chi connectivity index (χ3v) is 7.07. The molecule has 0 radical (unpaired) electrons. The van der Waals surface area contributed by atoms with E-state index in [4.69, 9.17) is 0 Å². The number of fused-ring (bicyclic) bond motifs is 1. The van der Waals surface area contributed by atoms with Gasteiger partial charge in [-0.2, -0.15) is 5.26 Å². The van der Waals surface area contributed by atoms with Crippen molar-refractivity contribution in [2.24, 2.45) is 0 Å². The topological polar surface area (TPSA) is 123 Å². The SMILES string of the molecule is CC(C)(C)c1ccc(S(=O)(=O)Nc2ccc3[nH]c(C(=O)O)c(-c4ccc(F)c(C#N)c4)c3c2)cc1. The molecule has 0 fully saturated rings. The van der Waals surface area contributed by atoms with Crippen molar-refractivity contribution in [3.8, 4) is 17.2 Å². The highest BCUT2D eigenvalue weighted by atomic mass is 32.2. The number of nitrogens with zero attached hydrogens (tertiary/aromatic N) is 1. The molecule has 3 aromatic carbocycles. The van der Waals surface area contributed by atoms with Crippen molar-refractivity contribution in [2.75, 3.05) is 4.72 Å². The third kappa shape index (κ3) is 4.61.